The van der Waals surface area contributed by atoms with Crippen LogP contribution >= 0.6 is 0 Å². The summed E-state index contributed by atoms with van der Waals surface area (Å²) in [4.78, 5) is 9.77. The summed E-state index contributed by atoms with van der Waals surface area (Å²) < 4.78 is 13.8. The Morgan fingerprint density at radius 3 is 1.47 bits per heavy atom. The van der Waals surface area contributed by atoms with Gasteiger partial charge in [-0.3, -0.25) is 4.79 Å². The molecule has 3 aromatic heterocycles. The van der Waals surface area contributed by atoms with E-state index in [9.17, 15) is 4.79 Å². The molecule has 0 aliphatic heterocycles. The highest BCUT2D eigenvalue weighted by Crippen LogP contribution is 1.92. The third-order valence-corrected chi connectivity index (χ3v) is 1.51. The van der Waals surface area contributed by atoms with Crippen LogP contribution in [0.4, 0.5) is 0 Å². The van der Waals surface area contributed by atoms with E-state index in [0.29, 0.717) is 12.0 Å². The Labute approximate surface area is 98.5 Å². The predicted molar refractivity (Wildman–Crippen MR) is 61.5 cm³/mol. The Morgan fingerprint density at radius 2 is 1.29 bits per heavy atom. The van der Waals surface area contributed by atoms with E-state index >= 15 is 0 Å². The van der Waals surface area contributed by atoms with E-state index in [1.165, 1.54) is 6.26 Å². The first-order valence-electron chi connectivity index (χ1n) is 4.86. The highest BCUT2D eigenvalue weighted by atomic mass is 16.3. The summed E-state index contributed by atoms with van der Waals surface area (Å²) in [7, 11) is 0. The summed E-state index contributed by atoms with van der Waals surface area (Å²) in [5.74, 6) is 0.375. The molecule has 0 aliphatic carbocycles. The summed E-state index contributed by atoms with van der Waals surface area (Å²) >= 11 is 0. The highest BCUT2D eigenvalue weighted by molar-refractivity contribution is 5.69. The number of hydrogen-bond donors (Lipinski definition) is 0. The van der Waals surface area contributed by atoms with E-state index in [2.05, 4.69) is 13.3 Å². The van der Waals surface area contributed by atoms with Gasteiger partial charge in [0.05, 0.1) is 31.3 Å². The van der Waals surface area contributed by atoms with Gasteiger partial charge in [-0.2, -0.15) is 0 Å². The second kappa shape index (κ2) is 8.79. The first-order chi connectivity index (χ1) is 8.43. The van der Waals surface area contributed by atoms with Crippen molar-refractivity contribution in [3.63, 3.8) is 0 Å². The quantitative estimate of drug-likeness (QED) is 0.601. The zero-order valence-electron chi connectivity index (χ0n) is 9.06. The normalized spacial score (nSPS) is 8.24. The van der Waals surface area contributed by atoms with Crippen molar-refractivity contribution in [2.45, 2.75) is 0 Å². The molecular weight excluding hydrogens is 220 g/mol. The molecule has 4 nitrogen and oxygen atoms in total. The molecular formula is C13H12O4. The van der Waals surface area contributed by atoms with Crippen LogP contribution in [0.1, 0.15) is 10.6 Å². The Bertz CT molecular complexity index is 377. The van der Waals surface area contributed by atoms with Crippen molar-refractivity contribution in [1.82, 2.24) is 0 Å². The van der Waals surface area contributed by atoms with Crippen molar-refractivity contribution < 1.29 is 18.0 Å². The minimum Gasteiger partial charge on any atom is -0.473 e. The summed E-state index contributed by atoms with van der Waals surface area (Å²) in [5.41, 5.74) is 0. The lowest BCUT2D eigenvalue weighted by molar-refractivity contribution is 0.110. The van der Waals surface area contributed by atoms with Crippen LogP contribution in [0.25, 0.3) is 0 Å². The van der Waals surface area contributed by atoms with Gasteiger partial charge in [0.25, 0.3) is 0 Å². The van der Waals surface area contributed by atoms with Gasteiger partial charge in [-0.1, -0.05) is 0 Å². The van der Waals surface area contributed by atoms with Crippen molar-refractivity contribution >= 4 is 6.29 Å². The molecule has 4 heteroatoms. The van der Waals surface area contributed by atoms with Crippen molar-refractivity contribution in [3.05, 3.63) is 73.5 Å². The van der Waals surface area contributed by atoms with Crippen LogP contribution in [0.3, 0.4) is 0 Å². The summed E-state index contributed by atoms with van der Waals surface area (Å²) in [6.45, 7) is 0. The van der Waals surface area contributed by atoms with Gasteiger partial charge in [-0.25, -0.2) is 0 Å². The maximum Gasteiger partial charge on any atom is 0.185 e. The topological polar surface area (TPSA) is 56.5 Å². The van der Waals surface area contributed by atoms with Crippen LogP contribution in [-0.2, 0) is 0 Å². The predicted octanol–water partition coefficient (Wildman–Crippen LogP) is 3.65. The van der Waals surface area contributed by atoms with Crippen LogP contribution in [0.2, 0.25) is 0 Å². The minimum absolute atomic E-state index is 0.375. The van der Waals surface area contributed by atoms with E-state index in [-0.39, 0.29) is 0 Å². The van der Waals surface area contributed by atoms with E-state index in [1.54, 1.807) is 37.2 Å². The third kappa shape index (κ3) is 6.57. The number of hydrogen-bond acceptors (Lipinski definition) is 4. The number of carbonyl (C=O) groups is 1. The molecule has 0 atom stereocenters. The third-order valence-electron chi connectivity index (χ3n) is 1.51. The monoisotopic (exact) mass is 232 g/mol. The average Bonchev–Trinajstić information content (AvgIpc) is 3.13. The minimum atomic E-state index is 0.375. The average molecular weight is 232 g/mol. The number of rotatable bonds is 1. The Balaban J connectivity index is 0.000000130. The van der Waals surface area contributed by atoms with Gasteiger partial charge in [0.15, 0.2) is 12.0 Å². The fourth-order valence-corrected chi connectivity index (χ4v) is 0.812. The van der Waals surface area contributed by atoms with Gasteiger partial charge in [0.2, 0.25) is 0 Å². The van der Waals surface area contributed by atoms with Crippen LogP contribution in [-0.4, -0.2) is 6.29 Å². The zero-order valence-corrected chi connectivity index (χ0v) is 9.06. The molecule has 3 aromatic rings. The second-order valence-electron chi connectivity index (χ2n) is 2.72. The van der Waals surface area contributed by atoms with Crippen molar-refractivity contribution in [1.29, 1.82) is 0 Å². The summed E-state index contributed by atoms with van der Waals surface area (Å²) in [6, 6.07) is 10.6. The molecule has 0 radical (unpaired) electrons. The maximum absolute atomic E-state index is 9.77. The SMILES string of the molecule is O=Cc1ccco1.c1ccoc1.c1ccoc1. The molecule has 0 saturated heterocycles. The van der Waals surface area contributed by atoms with Crippen molar-refractivity contribution in [3.8, 4) is 0 Å². The molecule has 0 saturated carbocycles. The van der Waals surface area contributed by atoms with Crippen LogP contribution in [0, 0.1) is 0 Å². The highest BCUT2D eigenvalue weighted by Gasteiger charge is 1.84. The zero-order chi connectivity index (χ0) is 12.2. The number of carbonyl (C=O) groups excluding carboxylic acids is 1. The van der Waals surface area contributed by atoms with Crippen LogP contribution < -0.4 is 0 Å². The molecule has 0 aliphatic rings. The molecule has 3 rings (SSSR count). The van der Waals surface area contributed by atoms with Crippen LogP contribution in [0.15, 0.2) is 81.0 Å². The molecule has 88 valence electrons. The fourth-order valence-electron chi connectivity index (χ4n) is 0.812. The van der Waals surface area contributed by atoms with Gasteiger partial charge in [-0.15, -0.1) is 0 Å². The molecule has 0 aromatic carbocycles. The second-order valence-corrected chi connectivity index (χ2v) is 2.72. The van der Waals surface area contributed by atoms with Crippen molar-refractivity contribution in [2.24, 2.45) is 0 Å². The Kier molecular flexibility index (Phi) is 6.50. The Morgan fingerprint density at radius 1 is 0.765 bits per heavy atom. The lowest BCUT2D eigenvalue weighted by Crippen LogP contribution is -1.65. The molecule has 0 fully saturated rings. The van der Waals surface area contributed by atoms with Crippen molar-refractivity contribution in [2.75, 3.05) is 0 Å². The van der Waals surface area contributed by atoms with Crippen LogP contribution in [0.5, 0.6) is 0 Å². The molecule has 17 heavy (non-hydrogen) atoms. The molecule has 0 amide bonds. The van der Waals surface area contributed by atoms with E-state index in [4.69, 9.17) is 0 Å². The summed E-state index contributed by atoms with van der Waals surface area (Å²) in [6.07, 6.45) is 8.63. The fraction of sp³-hybridized carbons (Fsp3) is 0. The molecule has 0 N–H and O–H groups in total. The van der Waals surface area contributed by atoms with E-state index in [0.717, 1.165) is 0 Å². The standard InChI is InChI=1S/C5H4O2.2C4H4O/c6-4-5-2-1-3-7-5;2*1-2-4-5-3-1/h1-4H;2*1-4H. The molecule has 0 bridgehead atoms. The smallest absolute Gasteiger partial charge is 0.185 e. The molecule has 0 spiro atoms. The van der Waals surface area contributed by atoms with Gasteiger partial charge in [0.1, 0.15) is 0 Å². The van der Waals surface area contributed by atoms with Gasteiger partial charge >= 0.3 is 0 Å². The first-order valence-corrected chi connectivity index (χ1v) is 4.86. The first kappa shape index (κ1) is 12.6. The lowest BCUT2D eigenvalue weighted by Gasteiger charge is -1.68. The lowest BCUT2D eigenvalue weighted by atomic mass is 10.5. The maximum atomic E-state index is 9.77. The van der Waals surface area contributed by atoms with Gasteiger partial charge in [-0.05, 0) is 36.4 Å². The number of furan rings is 3. The Hall–Kier alpha value is -2.49. The van der Waals surface area contributed by atoms with Gasteiger partial charge in [0, 0.05) is 0 Å². The van der Waals surface area contributed by atoms with Gasteiger partial charge < -0.3 is 13.3 Å². The molecule has 3 heterocycles. The van der Waals surface area contributed by atoms with E-state index < -0.39 is 0 Å². The largest absolute Gasteiger partial charge is 0.473 e. The number of aldehydes is 1. The molecule has 0 unspecified atom stereocenters. The van der Waals surface area contributed by atoms with E-state index in [1.807, 2.05) is 24.3 Å². The summed E-state index contributed by atoms with van der Waals surface area (Å²) in [5, 5.41) is 0.